The number of carbonyl (C=O) groups is 2. The number of hydrogen-bond donors (Lipinski definition) is 2. The summed E-state index contributed by atoms with van der Waals surface area (Å²) in [6, 6.07) is 0. The molecule has 0 aromatic heterocycles. The lowest BCUT2D eigenvalue weighted by atomic mass is 9.84. The van der Waals surface area contributed by atoms with Crippen LogP contribution in [0.2, 0.25) is 0 Å². The Balaban J connectivity index is 1.20. The van der Waals surface area contributed by atoms with Gasteiger partial charge >= 0.3 is 11.9 Å². The Bertz CT molecular complexity index is 2300. The fourth-order valence-corrected chi connectivity index (χ4v) is 10.2. The Kier molecular flexibility index (Phi) is 16.1. The van der Waals surface area contributed by atoms with Crippen molar-refractivity contribution < 1.29 is 24.2 Å². The highest BCUT2D eigenvalue weighted by Crippen LogP contribution is 2.49. The number of hydrogen-bond acceptors (Lipinski definition) is 9. The van der Waals surface area contributed by atoms with Crippen LogP contribution in [0.5, 0.6) is 0 Å². The van der Waals surface area contributed by atoms with Crippen molar-refractivity contribution >= 4 is 29.1 Å². The maximum atomic E-state index is 13.6. The number of esters is 2. The van der Waals surface area contributed by atoms with Gasteiger partial charge in [0.25, 0.3) is 0 Å². The smallest absolute Gasteiger partial charge is 0.321 e. The third kappa shape index (κ3) is 10.6. The topological polar surface area (TPSA) is 122 Å². The molecule has 5 unspecified atom stereocenters. The highest BCUT2D eigenvalue weighted by atomic mass is 16.5. The lowest BCUT2D eigenvalue weighted by molar-refractivity contribution is -0.144. The summed E-state index contributed by atoms with van der Waals surface area (Å²) in [7, 11) is 1.33. The van der Waals surface area contributed by atoms with Gasteiger partial charge in [0, 0.05) is 46.4 Å². The van der Waals surface area contributed by atoms with Gasteiger partial charge in [-0.25, -0.2) is 15.0 Å². The minimum atomic E-state index is -1.08. The predicted molar refractivity (Wildman–Crippen MR) is 262 cm³/mol. The van der Waals surface area contributed by atoms with Crippen LogP contribution in [0.4, 0.5) is 0 Å². The number of aliphatic hydroxyl groups is 1. The van der Waals surface area contributed by atoms with Gasteiger partial charge in [-0.1, -0.05) is 105 Å². The van der Waals surface area contributed by atoms with Crippen molar-refractivity contribution in [2.45, 2.75) is 146 Å². The third-order valence-electron chi connectivity index (χ3n) is 14.3. The molecule has 6 rings (SSSR count). The van der Waals surface area contributed by atoms with E-state index < -0.39 is 11.9 Å². The molecule has 2 N–H and O–H groups in total. The zero-order valence-electron chi connectivity index (χ0n) is 40.7. The van der Waals surface area contributed by atoms with Crippen LogP contribution in [-0.2, 0) is 19.1 Å². The summed E-state index contributed by atoms with van der Waals surface area (Å²) in [5, 5.41) is 15.6. The maximum absolute atomic E-state index is 13.6. The summed E-state index contributed by atoms with van der Waals surface area (Å²) in [5.74, 6) is -0.0182. The average Bonchev–Trinajstić information content (AvgIpc) is 3.99. The molecule has 5 heterocycles. The van der Waals surface area contributed by atoms with Crippen LogP contribution in [0.3, 0.4) is 0 Å². The zero-order valence-corrected chi connectivity index (χ0v) is 40.7. The summed E-state index contributed by atoms with van der Waals surface area (Å²) >= 11 is 0. The molecule has 0 spiro atoms. The number of methoxy groups -OCH3 is 1. The number of allylic oxidation sites excluding steroid dienone is 12. The van der Waals surface area contributed by atoms with Crippen LogP contribution < -0.4 is 5.32 Å². The van der Waals surface area contributed by atoms with Gasteiger partial charge in [0.1, 0.15) is 18.3 Å². The van der Waals surface area contributed by atoms with Gasteiger partial charge in [-0.05, 0) is 118 Å². The number of aliphatic imine (C=N–C) groups is 3. The van der Waals surface area contributed by atoms with Crippen molar-refractivity contribution in [2.75, 3.05) is 13.7 Å². The fraction of sp³-hybridized carbons (Fsp3) is 0.545. The largest absolute Gasteiger partial charge is 0.510 e. The second kappa shape index (κ2) is 21.3. The highest BCUT2D eigenvalue weighted by molar-refractivity contribution is 6.24. The minimum Gasteiger partial charge on any atom is -0.510 e. The van der Waals surface area contributed by atoms with Gasteiger partial charge in [-0.2, -0.15) is 0 Å². The molecule has 0 amide bonds. The summed E-state index contributed by atoms with van der Waals surface area (Å²) in [4.78, 5) is 42.4. The summed E-state index contributed by atoms with van der Waals surface area (Å²) < 4.78 is 11.1. The third-order valence-corrected chi connectivity index (χ3v) is 14.3. The van der Waals surface area contributed by atoms with E-state index in [0.29, 0.717) is 29.0 Å². The number of nitrogens with zero attached hydrogens (tertiary/aromatic N) is 3. The van der Waals surface area contributed by atoms with E-state index >= 15 is 0 Å². The SMILES string of the molecule is C=CC1=C(C)C2=NC1=CC1=NC(=CC3=C(C)C4=C(O)C(C(=O)OC)C(=C5NC(=C2)C(C)C5CCC(=O)OC/C=C(/C)CCCC(C)CCCC(C)CCCC(C)C)C4=N3)C(CC)=C1C. The number of aliphatic hydroxyl groups excluding tert-OH is 1. The maximum Gasteiger partial charge on any atom is 0.321 e. The van der Waals surface area contributed by atoms with Crippen molar-refractivity contribution in [1.82, 2.24) is 5.32 Å². The van der Waals surface area contributed by atoms with E-state index in [2.05, 4.69) is 73.4 Å². The first-order valence-electron chi connectivity index (χ1n) is 24.1. The lowest BCUT2D eigenvalue weighted by Gasteiger charge is -2.20. The fourth-order valence-electron chi connectivity index (χ4n) is 10.2. The quantitative estimate of drug-likeness (QED) is 0.0928. The van der Waals surface area contributed by atoms with Gasteiger partial charge in [-0.3, -0.25) is 9.59 Å². The normalized spacial score (nSPS) is 22.8. The molecule has 1 aliphatic carbocycles. The lowest BCUT2D eigenvalue weighted by Crippen LogP contribution is -2.25. The second-order valence-electron chi connectivity index (χ2n) is 19.5. The Labute approximate surface area is 383 Å². The van der Waals surface area contributed by atoms with Gasteiger partial charge < -0.3 is 19.9 Å². The molecule has 64 heavy (non-hydrogen) atoms. The molecule has 6 aliphatic rings. The van der Waals surface area contributed by atoms with Crippen LogP contribution in [0.1, 0.15) is 146 Å². The van der Waals surface area contributed by atoms with E-state index in [1.165, 1.54) is 57.6 Å². The molecule has 0 aromatic rings. The first-order chi connectivity index (χ1) is 30.6. The number of nitrogens with one attached hydrogen (secondary N) is 1. The van der Waals surface area contributed by atoms with Crippen molar-refractivity contribution in [1.29, 1.82) is 0 Å². The summed E-state index contributed by atoms with van der Waals surface area (Å²) in [5.41, 5.74) is 13.3. The first-order valence-corrected chi connectivity index (χ1v) is 24.1. The molecule has 344 valence electrons. The van der Waals surface area contributed by atoms with Crippen molar-refractivity contribution in [2.24, 2.45) is 50.5 Å². The van der Waals surface area contributed by atoms with E-state index in [0.717, 1.165) is 99.1 Å². The summed E-state index contributed by atoms with van der Waals surface area (Å²) in [6.45, 7) is 26.2. The second-order valence-corrected chi connectivity index (χ2v) is 19.5. The molecule has 5 aliphatic heterocycles. The molecule has 9 heteroatoms. The van der Waals surface area contributed by atoms with E-state index in [4.69, 9.17) is 24.5 Å². The average molecular weight is 871 g/mol. The molecule has 9 nitrogen and oxygen atoms in total. The van der Waals surface area contributed by atoms with Crippen LogP contribution in [0, 0.1) is 35.5 Å². The zero-order chi connectivity index (χ0) is 46.4. The Morgan fingerprint density at radius 2 is 1.53 bits per heavy atom. The first kappa shape index (κ1) is 48.4. The number of carbonyl (C=O) groups excluding carboxylic acids is 2. The van der Waals surface area contributed by atoms with E-state index in [1.54, 1.807) is 0 Å². The molecular weight excluding hydrogens is 797 g/mol. The Morgan fingerprint density at radius 1 is 0.875 bits per heavy atom. The number of fused-ring (bicyclic) bond motifs is 5. The molecule has 1 saturated heterocycles. The van der Waals surface area contributed by atoms with Crippen LogP contribution >= 0.6 is 0 Å². The van der Waals surface area contributed by atoms with Gasteiger partial charge in [0.05, 0.1) is 41.3 Å². The van der Waals surface area contributed by atoms with Gasteiger partial charge in [0.2, 0.25) is 0 Å². The van der Waals surface area contributed by atoms with E-state index in [1.807, 2.05) is 38.2 Å². The van der Waals surface area contributed by atoms with Gasteiger partial charge in [0.15, 0.2) is 0 Å². The van der Waals surface area contributed by atoms with E-state index in [9.17, 15) is 14.7 Å². The van der Waals surface area contributed by atoms with Crippen molar-refractivity contribution in [3.8, 4) is 0 Å². The van der Waals surface area contributed by atoms with Gasteiger partial charge in [-0.15, -0.1) is 0 Å². The van der Waals surface area contributed by atoms with E-state index in [-0.39, 0.29) is 36.6 Å². The monoisotopic (exact) mass is 871 g/mol. The number of ether oxygens (including phenoxy) is 2. The summed E-state index contributed by atoms with van der Waals surface area (Å²) in [6.07, 6.45) is 22.7. The molecule has 8 bridgehead atoms. The molecule has 5 atom stereocenters. The van der Waals surface area contributed by atoms with Crippen LogP contribution in [0.15, 0.2) is 131 Å². The number of rotatable bonds is 20. The molecule has 0 radical (unpaired) electrons. The Morgan fingerprint density at radius 3 is 2.19 bits per heavy atom. The standard InChI is InChI=1S/C55H74N4O5/c1-13-39-35(8)42-28-44-37(10)41(24-25-48(60)64-27-26-34(7)23-17-22-33(6)21-16-20-32(5)19-15-18-31(3)4)52(58-44)50-51(55(62)63-12)54(61)49-38(11)45(59-53(49)50)30-47-40(14-2)36(9)43(57-47)29-46(39)56-42/h13,26,28-33,37,41,51,58,61H,1,14-25,27H2,2-12H3/b34-26-,44-28?,46-29?,47-30?,52-50?. The Hall–Kier alpha value is -5.05. The molecule has 0 aromatic carbocycles. The molecular formula is C55H74N4O5. The molecule has 1 fully saturated rings. The molecule has 0 saturated carbocycles. The highest BCUT2D eigenvalue weighted by Gasteiger charge is 2.49. The van der Waals surface area contributed by atoms with Crippen LogP contribution in [-0.4, -0.2) is 47.9 Å². The van der Waals surface area contributed by atoms with Crippen LogP contribution in [0.25, 0.3) is 0 Å². The van der Waals surface area contributed by atoms with Crippen molar-refractivity contribution in [3.63, 3.8) is 0 Å². The minimum absolute atomic E-state index is 0.0838. The predicted octanol–water partition coefficient (Wildman–Crippen LogP) is 13.0. The van der Waals surface area contributed by atoms with Crippen molar-refractivity contribution in [3.05, 3.63) is 116 Å².